The number of nitrogens with one attached hydrogen (secondary N) is 4. The highest BCUT2D eigenvalue weighted by atomic mass is 16.6. The quantitative estimate of drug-likeness (QED) is 0.260. The van der Waals surface area contributed by atoms with Crippen LogP contribution in [-0.4, -0.2) is 54.3 Å². The predicted molar refractivity (Wildman–Crippen MR) is 162 cm³/mol. The van der Waals surface area contributed by atoms with Gasteiger partial charge in [-0.3, -0.25) is 9.59 Å². The molecular weight excluding hydrogens is 536 g/mol. The van der Waals surface area contributed by atoms with Gasteiger partial charge >= 0.3 is 12.2 Å². The van der Waals surface area contributed by atoms with Crippen LogP contribution in [0, 0.1) is 5.92 Å². The molecule has 0 aliphatic heterocycles. The standard InChI is InChI=1S/C32H46N4O6/c1-22(2)17-18-33-29(38)23(3)34-28(37)20-27(35-30(39)41-21-25-15-11-8-12-16-25)26(19-24-13-9-7-10-14-24)36-31(40)42-32(4,5)6/h7-16,22-23,26-27H,17-21H2,1-6H3,(H,33,38)(H,34,37)(H,35,39)(H,36,40)/t23-,26?,27-/m0/s1. The fraction of sp³-hybridized carbons (Fsp3) is 0.500. The van der Waals surface area contributed by atoms with Gasteiger partial charge in [0.15, 0.2) is 0 Å². The normalized spacial score (nSPS) is 13.3. The molecule has 0 saturated carbocycles. The number of hydrogen-bond donors (Lipinski definition) is 4. The number of carbonyl (C=O) groups excluding carboxylic acids is 4. The number of rotatable bonds is 14. The Bertz CT molecular complexity index is 1130. The summed E-state index contributed by atoms with van der Waals surface area (Å²) in [5, 5.41) is 11.1. The molecule has 0 spiro atoms. The fourth-order valence-electron chi connectivity index (χ4n) is 4.03. The van der Waals surface area contributed by atoms with Gasteiger partial charge in [-0.15, -0.1) is 0 Å². The lowest BCUT2D eigenvalue weighted by atomic mass is 9.96. The number of carbonyl (C=O) groups is 4. The molecule has 1 unspecified atom stereocenters. The first-order valence-electron chi connectivity index (χ1n) is 14.4. The van der Waals surface area contributed by atoms with E-state index in [0.29, 0.717) is 18.9 Å². The van der Waals surface area contributed by atoms with E-state index in [2.05, 4.69) is 35.1 Å². The summed E-state index contributed by atoms with van der Waals surface area (Å²) in [5.74, 6) is -0.342. The van der Waals surface area contributed by atoms with Gasteiger partial charge < -0.3 is 30.7 Å². The SMILES string of the molecule is CC(C)CCNC(=O)[C@H](C)NC(=O)C[C@H](NC(=O)OCc1ccccc1)C(Cc1ccccc1)NC(=O)OC(C)(C)C. The van der Waals surface area contributed by atoms with E-state index in [1.54, 1.807) is 27.7 Å². The molecule has 0 radical (unpaired) electrons. The fourth-order valence-corrected chi connectivity index (χ4v) is 4.03. The minimum absolute atomic E-state index is 0.0298. The summed E-state index contributed by atoms with van der Waals surface area (Å²) >= 11 is 0. The van der Waals surface area contributed by atoms with Crippen molar-refractivity contribution in [2.45, 2.75) is 91.1 Å². The van der Waals surface area contributed by atoms with Gasteiger partial charge in [0.2, 0.25) is 11.8 Å². The largest absolute Gasteiger partial charge is 0.445 e. The highest BCUT2D eigenvalue weighted by Gasteiger charge is 2.31. The lowest BCUT2D eigenvalue weighted by Crippen LogP contribution is -2.56. The van der Waals surface area contributed by atoms with Gasteiger partial charge in [0.1, 0.15) is 18.2 Å². The van der Waals surface area contributed by atoms with E-state index < -0.39 is 41.8 Å². The monoisotopic (exact) mass is 582 g/mol. The molecule has 4 N–H and O–H groups in total. The van der Waals surface area contributed by atoms with Gasteiger partial charge in [0.25, 0.3) is 0 Å². The molecule has 0 heterocycles. The first-order chi connectivity index (χ1) is 19.8. The summed E-state index contributed by atoms with van der Waals surface area (Å²) in [5.41, 5.74) is 0.919. The Morgan fingerprint density at radius 2 is 1.33 bits per heavy atom. The maximum absolute atomic E-state index is 13.2. The zero-order valence-electron chi connectivity index (χ0n) is 25.6. The van der Waals surface area contributed by atoms with Crippen molar-refractivity contribution >= 4 is 24.0 Å². The summed E-state index contributed by atoms with van der Waals surface area (Å²) in [4.78, 5) is 51.4. The summed E-state index contributed by atoms with van der Waals surface area (Å²) in [6.07, 6.45) is -0.549. The van der Waals surface area contributed by atoms with E-state index in [1.807, 2.05) is 60.7 Å². The third kappa shape index (κ3) is 14.0. The Balaban J connectivity index is 2.22. The van der Waals surface area contributed by atoms with Gasteiger partial charge in [-0.05, 0) is 57.6 Å². The van der Waals surface area contributed by atoms with Crippen molar-refractivity contribution in [1.82, 2.24) is 21.3 Å². The van der Waals surface area contributed by atoms with Gasteiger partial charge in [-0.25, -0.2) is 9.59 Å². The van der Waals surface area contributed by atoms with Crippen molar-refractivity contribution in [1.29, 1.82) is 0 Å². The van der Waals surface area contributed by atoms with E-state index in [-0.39, 0.29) is 18.9 Å². The van der Waals surface area contributed by atoms with Crippen molar-refractivity contribution in [3.63, 3.8) is 0 Å². The van der Waals surface area contributed by atoms with Crippen LogP contribution >= 0.6 is 0 Å². The molecule has 3 atom stereocenters. The lowest BCUT2D eigenvalue weighted by molar-refractivity contribution is -0.128. The zero-order chi connectivity index (χ0) is 31.1. The second-order valence-corrected chi connectivity index (χ2v) is 11.7. The number of benzene rings is 2. The van der Waals surface area contributed by atoms with Crippen molar-refractivity contribution in [3.05, 3.63) is 71.8 Å². The van der Waals surface area contributed by atoms with E-state index in [4.69, 9.17) is 9.47 Å². The van der Waals surface area contributed by atoms with Crippen LogP contribution in [0.3, 0.4) is 0 Å². The molecule has 0 fully saturated rings. The molecule has 0 aromatic heterocycles. The highest BCUT2D eigenvalue weighted by molar-refractivity contribution is 5.87. The molecule has 0 aliphatic carbocycles. The summed E-state index contributed by atoms with van der Waals surface area (Å²) in [7, 11) is 0. The van der Waals surface area contributed by atoms with Crippen LogP contribution in [-0.2, 0) is 32.1 Å². The molecule has 0 bridgehead atoms. The van der Waals surface area contributed by atoms with E-state index in [1.165, 1.54) is 0 Å². The zero-order valence-corrected chi connectivity index (χ0v) is 25.6. The molecule has 2 aromatic carbocycles. The predicted octanol–water partition coefficient (Wildman–Crippen LogP) is 4.47. The van der Waals surface area contributed by atoms with Crippen LogP contribution in [0.5, 0.6) is 0 Å². The highest BCUT2D eigenvalue weighted by Crippen LogP contribution is 2.13. The molecule has 4 amide bonds. The number of amides is 4. The van der Waals surface area contributed by atoms with E-state index in [0.717, 1.165) is 17.5 Å². The molecule has 10 nitrogen and oxygen atoms in total. The molecular formula is C32H46N4O6. The smallest absolute Gasteiger partial charge is 0.407 e. The Morgan fingerprint density at radius 3 is 1.90 bits per heavy atom. The van der Waals surface area contributed by atoms with E-state index in [9.17, 15) is 19.2 Å². The van der Waals surface area contributed by atoms with Crippen LogP contribution in [0.4, 0.5) is 9.59 Å². The number of alkyl carbamates (subject to hydrolysis) is 2. The first kappa shape index (κ1) is 34.1. The number of ether oxygens (including phenoxy) is 2. The van der Waals surface area contributed by atoms with Crippen molar-refractivity contribution in [2.24, 2.45) is 5.92 Å². The molecule has 0 saturated heterocycles. The summed E-state index contributed by atoms with van der Waals surface area (Å²) < 4.78 is 10.9. The van der Waals surface area contributed by atoms with Crippen LogP contribution in [0.15, 0.2) is 60.7 Å². The van der Waals surface area contributed by atoms with Crippen LogP contribution in [0.1, 0.15) is 65.5 Å². The third-order valence-corrected chi connectivity index (χ3v) is 6.20. The molecule has 230 valence electrons. The Labute approximate surface area is 249 Å². The lowest BCUT2D eigenvalue weighted by Gasteiger charge is -2.30. The topological polar surface area (TPSA) is 135 Å². The average molecular weight is 583 g/mol. The number of hydrogen-bond acceptors (Lipinski definition) is 6. The first-order valence-corrected chi connectivity index (χ1v) is 14.4. The molecule has 10 heteroatoms. The van der Waals surface area contributed by atoms with Crippen LogP contribution in [0.25, 0.3) is 0 Å². The molecule has 0 aliphatic rings. The minimum atomic E-state index is -0.891. The van der Waals surface area contributed by atoms with Crippen molar-refractivity contribution in [2.75, 3.05) is 6.54 Å². The molecule has 2 rings (SSSR count). The second kappa shape index (κ2) is 17.0. The Hall–Kier alpha value is -4.08. The summed E-state index contributed by atoms with van der Waals surface area (Å²) in [6, 6.07) is 16.1. The van der Waals surface area contributed by atoms with Gasteiger partial charge in [-0.2, -0.15) is 0 Å². The Morgan fingerprint density at radius 1 is 0.762 bits per heavy atom. The van der Waals surface area contributed by atoms with Gasteiger partial charge in [0, 0.05) is 13.0 Å². The third-order valence-electron chi connectivity index (χ3n) is 6.20. The van der Waals surface area contributed by atoms with Crippen LogP contribution in [0.2, 0.25) is 0 Å². The maximum atomic E-state index is 13.2. The average Bonchev–Trinajstić information content (AvgIpc) is 2.91. The minimum Gasteiger partial charge on any atom is -0.445 e. The van der Waals surface area contributed by atoms with Gasteiger partial charge in [-0.1, -0.05) is 74.5 Å². The van der Waals surface area contributed by atoms with E-state index >= 15 is 0 Å². The molecule has 2 aromatic rings. The summed E-state index contributed by atoms with van der Waals surface area (Å²) in [6.45, 7) is 11.5. The maximum Gasteiger partial charge on any atom is 0.407 e. The molecule has 42 heavy (non-hydrogen) atoms. The van der Waals surface area contributed by atoms with Crippen molar-refractivity contribution < 1.29 is 28.7 Å². The van der Waals surface area contributed by atoms with Gasteiger partial charge in [0.05, 0.1) is 12.1 Å². The van der Waals surface area contributed by atoms with Crippen LogP contribution < -0.4 is 21.3 Å². The second-order valence-electron chi connectivity index (χ2n) is 11.7. The van der Waals surface area contributed by atoms with Crippen molar-refractivity contribution in [3.8, 4) is 0 Å². The Kier molecular flexibility index (Phi) is 13.8.